The van der Waals surface area contributed by atoms with Crippen molar-refractivity contribution in [3.05, 3.63) is 191 Å². The predicted octanol–water partition coefficient (Wildman–Crippen LogP) is 14.7. The monoisotopic (exact) mass is 809 g/mol. The average molecular weight is 810 g/mol. The number of hydrogen-bond acceptors (Lipinski definition) is 4. The molecule has 1 fully saturated rings. The summed E-state index contributed by atoms with van der Waals surface area (Å²) < 4.78 is 11.0. The molecule has 7 aromatic carbocycles. The Morgan fingerprint density at radius 1 is 0.683 bits per heavy atom. The third-order valence-corrected chi connectivity index (χ3v) is 13.4. The van der Waals surface area contributed by atoms with Crippen LogP contribution in [0.15, 0.2) is 157 Å². The number of aryl methyl sites for hydroxylation is 2. The first-order valence-electron chi connectivity index (χ1n) is 21.4. The Balaban J connectivity index is 1.07. The zero-order valence-electron chi connectivity index (χ0n) is 34.8. The molecule has 0 aliphatic heterocycles. The highest BCUT2D eigenvalue weighted by Crippen LogP contribution is 2.55. The molecule has 2 atom stereocenters. The molecule has 1 saturated carbocycles. The van der Waals surface area contributed by atoms with E-state index in [1.807, 2.05) is 66.7 Å². The fraction of sp³-hybridized carbons (Fsp3) is 0.0877. The largest absolute Gasteiger partial charge is 0.456 e. The van der Waals surface area contributed by atoms with Crippen LogP contribution in [0.3, 0.4) is 0 Å². The Hall–Kier alpha value is -8.32. The number of aromatic nitrogens is 2. The lowest BCUT2D eigenvalue weighted by molar-refractivity contribution is 0.669. The quantitative estimate of drug-likeness (QED) is 0.174. The van der Waals surface area contributed by atoms with E-state index in [9.17, 15) is 10.5 Å². The average Bonchev–Trinajstić information content (AvgIpc) is 3.75. The Kier molecular flexibility index (Phi) is 8.03. The van der Waals surface area contributed by atoms with Crippen molar-refractivity contribution in [1.82, 2.24) is 9.13 Å². The maximum Gasteiger partial charge on any atom is 0.137 e. The summed E-state index contributed by atoms with van der Waals surface area (Å²) in [5.41, 5.74) is 17.4. The molecule has 0 bridgehead atoms. The van der Waals surface area contributed by atoms with Crippen LogP contribution in [0.25, 0.3) is 89.5 Å². The molecule has 0 spiro atoms. The van der Waals surface area contributed by atoms with E-state index in [2.05, 4.69) is 138 Å². The van der Waals surface area contributed by atoms with Crippen LogP contribution in [-0.4, -0.2) is 9.13 Å². The number of nitrogens with zero attached hydrogens (tertiary/aromatic N) is 4. The fourth-order valence-corrected chi connectivity index (χ4v) is 10.3. The third-order valence-electron chi connectivity index (χ3n) is 13.4. The molecule has 1 N–H and O–H groups in total. The van der Waals surface area contributed by atoms with Gasteiger partial charge in [-0.05, 0) is 109 Å². The first-order valence-corrected chi connectivity index (χ1v) is 21.4. The van der Waals surface area contributed by atoms with Crippen molar-refractivity contribution in [1.29, 1.82) is 10.5 Å². The minimum absolute atomic E-state index is 0.396. The minimum atomic E-state index is 0.396. The Morgan fingerprint density at radius 2 is 1.40 bits per heavy atom. The van der Waals surface area contributed by atoms with Gasteiger partial charge in [-0.3, -0.25) is 0 Å². The van der Waals surface area contributed by atoms with Crippen molar-refractivity contribution >= 4 is 67.3 Å². The third kappa shape index (κ3) is 5.42. The van der Waals surface area contributed by atoms with Gasteiger partial charge >= 0.3 is 0 Å². The van der Waals surface area contributed by atoms with E-state index in [-0.39, 0.29) is 0 Å². The van der Waals surface area contributed by atoms with Gasteiger partial charge in [0.15, 0.2) is 0 Å². The highest BCUT2D eigenvalue weighted by Gasteiger charge is 2.43. The summed E-state index contributed by atoms with van der Waals surface area (Å²) in [4.78, 5) is 0. The number of nitrogens with one attached hydrogen (secondary N) is 1. The van der Waals surface area contributed by atoms with Crippen LogP contribution in [0.2, 0.25) is 0 Å². The standard InChI is InChI=1S/C57H39N5O/c1-4-48-54(39-14-6-5-13-33(39)2)43-16-8-11-19-50(43)62(48)51-29-36(31-58)47(28-37(51)32-59)60-56-41(25-26-53-55(56)44-17-9-12-20-52(44)63-53)45-30-38(23-21-34(45)3)61-49-18-10-7-15-40(49)42-24-22-35-27-46(35)57(42)61/h4-26,28-30,35,46,60H,1,27H2,2-3H3/t35-,46+/m0/s1. The van der Waals surface area contributed by atoms with E-state index in [1.54, 1.807) is 0 Å². The lowest BCUT2D eigenvalue weighted by atomic mass is 9.95. The Bertz CT molecular complexity index is 3730. The van der Waals surface area contributed by atoms with Crippen molar-refractivity contribution < 1.29 is 4.42 Å². The summed E-state index contributed by atoms with van der Waals surface area (Å²) in [5, 5.41) is 29.9. The topological polar surface area (TPSA) is 82.6 Å². The molecule has 10 aromatic rings. The lowest BCUT2D eigenvalue weighted by Crippen LogP contribution is -2.05. The van der Waals surface area contributed by atoms with Gasteiger partial charge in [-0.2, -0.15) is 10.5 Å². The van der Waals surface area contributed by atoms with Crippen molar-refractivity contribution in [2.24, 2.45) is 5.92 Å². The molecule has 3 heterocycles. The van der Waals surface area contributed by atoms with Gasteiger partial charge < -0.3 is 18.9 Å². The molecule has 0 amide bonds. The molecule has 0 radical (unpaired) electrons. The van der Waals surface area contributed by atoms with Gasteiger partial charge in [-0.1, -0.05) is 104 Å². The highest BCUT2D eigenvalue weighted by molar-refractivity contribution is 6.16. The normalized spacial score (nSPS) is 15.0. The van der Waals surface area contributed by atoms with Crippen molar-refractivity contribution in [2.75, 3.05) is 5.32 Å². The van der Waals surface area contributed by atoms with Gasteiger partial charge in [0.2, 0.25) is 0 Å². The minimum Gasteiger partial charge on any atom is -0.456 e. The van der Waals surface area contributed by atoms with Gasteiger partial charge in [0.05, 0.1) is 50.3 Å². The number of nitriles is 2. The van der Waals surface area contributed by atoms with Gasteiger partial charge in [-0.25, -0.2) is 0 Å². The van der Waals surface area contributed by atoms with Crippen LogP contribution in [0.5, 0.6) is 0 Å². The van der Waals surface area contributed by atoms with Crippen molar-refractivity contribution in [2.45, 2.75) is 26.2 Å². The number of anilines is 2. The van der Waals surface area contributed by atoms with Crippen LogP contribution in [0, 0.1) is 42.4 Å². The number of rotatable bonds is 7. The van der Waals surface area contributed by atoms with Gasteiger partial charge in [-0.15, -0.1) is 0 Å². The molecule has 2 aliphatic carbocycles. The number of furan rings is 1. The fourth-order valence-electron chi connectivity index (χ4n) is 10.3. The lowest BCUT2D eigenvalue weighted by Gasteiger charge is -2.20. The van der Waals surface area contributed by atoms with E-state index < -0.39 is 0 Å². The Labute approximate surface area is 364 Å². The van der Waals surface area contributed by atoms with Crippen LogP contribution in [0.1, 0.15) is 51.5 Å². The van der Waals surface area contributed by atoms with E-state index in [4.69, 9.17) is 4.42 Å². The molecule has 3 aromatic heterocycles. The first kappa shape index (κ1) is 36.5. The molecule has 298 valence electrons. The smallest absolute Gasteiger partial charge is 0.137 e. The van der Waals surface area contributed by atoms with E-state index in [0.29, 0.717) is 34.3 Å². The molecular weight excluding hydrogens is 771 g/mol. The number of allylic oxidation sites excluding steroid dienone is 1. The van der Waals surface area contributed by atoms with Gasteiger partial charge in [0.1, 0.15) is 23.3 Å². The highest BCUT2D eigenvalue weighted by atomic mass is 16.3. The van der Waals surface area contributed by atoms with Crippen LogP contribution in [0.4, 0.5) is 11.4 Å². The number of hydrogen-bond donors (Lipinski definition) is 1. The summed E-state index contributed by atoms with van der Waals surface area (Å²) in [6.45, 7) is 8.52. The zero-order chi connectivity index (χ0) is 42.5. The maximum atomic E-state index is 11.0. The molecule has 63 heavy (non-hydrogen) atoms. The molecule has 0 unspecified atom stereocenters. The summed E-state index contributed by atoms with van der Waals surface area (Å²) >= 11 is 0. The Morgan fingerprint density at radius 3 is 2.19 bits per heavy atom. The maximum absolute atomic E-state index is 11.0. The number of para-hydroxylation sites is 3. The second-order valence-electron chi connectivity index (χ2n) is 16.9. The van der Waals surface area contributed by atoms with Gasteiger partial charge in [0.25, 0.3) is 0 Å². The van der Waals surface area contributed by atoms with E-state index in [0.717, 1.165) is 83.3 Å². The summed E-state index contributed by atoms with van der Waals surface area (Å²) in [6, 6.07) is 52.9. The number of benzene rings is 7. The second-order valence-corrected chi connectivity index (χ2v) is 16.9. The van der Waals surface area contributed by atoms with Crippen LogP contribution >= 0.6 is 0 Å². The van der Waals surface area contributed by atoms with E-state index in [1.165, 1.54) is 28.6 Å². The molecule has 6 nitrogen and oxygen atoms in total. The molecular formula is C57H39N5O. The zero-order valence-corrected chi connectivity index (χ0v) is 34.8. The van der Waals surface area contributed by atoms with Crippen molar-refractivity contribution in [3.63, 3.8) is 0 Å². The number of fused-ring (bicyclic) bond motifs is 9. The summed E-state index contributed by atoms with van der Waals surface area (Å²) in [7, 11) is 0. The first-order chi connectivity index (χ1) is 30.9. The predicted molar refractivity (Wildman–Crippen MR) is 257 cm³/mol. The molecule has 2 aliphatic rings. The SMILES string of the molecule is C=Cc1c(-c2ccccc2C)c2ccccc2n1-c1cc(C#N)c(Nc2c(-c3cc(-n4c5c(c6ccccc64)C=C[C@H]4C[C@@H]54)ccc3C)ccc3oc4ccccc4c23)cc1C#N. The van der Waals surface area contributed by atoms with Crippen molar-refractivity contribution in [3.8, 4) is 45.8 Å². The summed E-state index contributed by atoms with van der Waals surface area (Å²) in [5.74, 6) is 1.10. The van der Waals surface area contributed by atoms with E-state index >= 15 is 0 Å². The molecule has 12 rings (SSSR count). The second kappa shape index (κ2) is 13.9. The van der Waals surface area contributed by atoms with Crippen LogP contribution in [-0.2, 0) is 0 Å². The van der Waals surface area contributed by atoms with Crippen LogP contribution < -0.4 is 5.32 Å². The molecule has 6 heteroatoms. The summed E-state index contributed by atoms with van der Waals surface area (Å²) in [6.07, 6.45) is 7.73. The van der Waals surface area contributed by atoms with Gasteiger partial charge in [0, 0.05) is 50.1 Å². The molecule has 0 saturated heterocycles.